The number of hydrogen-bond donors (Lipinski definition) is 1. The number of aryl methyl sites for hydroxylation is 1. The van der Waals surface area contributed by atoms with Crippen LogP contribution in [0.3, 0.4) is 0 Å². The first kappa shape index (κ1) is 20.1. The first-order chi connectivity index (χ1) is 13.1. The van der Waals surface area contributed by atoms with E-state index in [9.17, 15) is 27.9 Å². The van der Waals surface area contributed by atoms with Gasteiger partial charge < -0.3 is 9.67 Å². The van der Waals surface area contributed by atoms with Gasteiger partial charge in [0.2, 0.25) is 0 Å². The summed E-state index contributed by atoms with van der Waals surface area (Å²) in [6.45, 7) is 3.91. The number of nitrogens with zero attached hydrogens (tertiary/aromatic N) is 2. The van der Waals surface area contributed by atoms with Gasteiger partial charge in [0.25, 0.3) is 0 Å². The zero-order valence-corrected chi connectivity index (χ0v) is 15.6. The molecule has 0 bridgehead atoms. The number of aliphatic carboxylic acids is 1. The molecule has 0 amide bonds. The molecule has 2 aromatic rings. The summed E-state index contributed by atoms with van der Waals surface area (Å²) in [4.78, 5) is 25.7. The Morgan fingerprint density at radius 1 is 1.21 bits per heavy atom. The molecule has 1 aromatic carbocycles. The average Bonchev–Trinajstić information content (AvgIpc) is 3.18. The number of aromatic nitrogens is 1. The Balaban J connectivity index is 1.90. The number of halogens is 3. The van der Waals surface area contributed by atoms with Crippen molar-refractivity contribution in [2.75, 3.05) is 13.1 Å². The first-order valence-corrected chi connectivity index (χ1v) is 8.96. The molecule has 0 radical (unpaired) electrons. The summed E-state index contributed by atoms with van der Waals surface area (Å²) >= 11 is 0. The molecule has 1 aromatic heterocycles. The maximum Gasteiger partial charge on any atom is 0.416 e. The standard InChI is InChI=1S/C20H21F3N2O3/c1-12-9-16(18(26)11-24-8-4-7-17(24)19(27)28)13(2)25(12)15-6-3-5-14(10-15)20(21,22)23/h3,5-6,9-10,17H,4,7-8,11H2,1-2H3,(H,27,28)/t17-/m0/s1. The summed E-state index contributed by atoms with van der Waals surface area (Å²) < 4.78 is 40.7. The van der Waals surface area contributed by atoms with Gasteiger partial charge in [-0.15, -0.1) is 0 Å². The number of benzene rings is 1. The van der Waals surface area contributed by atoms with Crippen molar-refractivity contribution in [1.82, 2.24) is 9.47 Å². The number of carboxylic acids is 1. The second-order valence-electron chi connectivity index (χ2n) is 7.06. The Bertz CT molecular complexity index is 918. The number of Topliss-reactive ketones (excluding diaryl/α,β-unsaturated/α-hetero) is 1. The lowest BCUT2D eigenvalue weighted by Gasteiger charge is -2.20. The van der Waals surface area contributed by atoms with E-state index in [4.69, 9.17) is 0 Å². The van der Waals surface area contributed by atoms with Crippen LogP contribution in [0, 0.1) is 13.8 Å². The van der Waals surface area contributed by atoms with Crippen LogP contribution in [-0.2, 0) is 11.0 Å². The van der Waals surface area contributed by atoms with E-state index in [1.807, 2.05) is 0 Å². The van der Waals surface area contributed by atoms with E-state index in [1.165, 1.54) is 6.07 Å². The summed E-state index contributed by atoms with van der Waals surface area (Å²) in [5.74, 6) is -1.18. The largest absolute Gasteiger partial charge is 0.480 e. The molecule has 0 aliphatic carbocycles. The van der Waals surface area contributed by atoms with Crippen LogP contribution in [0.15, 0.2) is 30.3 Å². The van der Waals surface area contributed by atoms with Crippen molar-refractivity contribution in [2.24, 2.45) is 0 Å². The topological polar surface area (TPSA) is 62.5 Å². The molecule has 150 valence electrons. The number of likely N-dealkylation sites (tertiary alicyclic amines) is 1. The van der Waals surface area contributed by atoms with Crippen molar-refractivity contribution in [3.63, 3.8) is 0 Å². The van der Waals surface area contributed by atoms with Crippen LogP contribution in [0.2, 0.25) is 0 Å². The molecule has 1 saturated heterocycles. The van der Waals surface area contributed by atoms with Gasteiger partial charge in [-0.25, -0.2) is 0 Å². The van der Waals surface area contributed by atoms with Crippen molar-refractivity contribution in [3.05, 3.63) is 52.8 Å². The summed E-state index contributed by atoms with van der Waals surface area (Å²) in [5.41, 5.74) is 1.13. The van der Waals surface area contributed by atoms with Crippen LogP contribution in [0.5, 0.6) is 0 Å². The molecule has 1 aliphatic rings. The molecule has 28 heavy (non-hydrogen) atoms. The number of carbonyl (C=O) groups is 2. The maximum atomic E-state index is 13.0. The van der Waals surface area contributed by atoms with E-state index in [0.29, 0.717) is 42.0 Å². The van der Waals surface area contributed by atoms with Gasteiger partial charge in [-0.2, -0.15) is 13.2 Å². The third kappa shape index (κ3) is 3.82. The quantitative estimate of drug-likeness (QED) is 0.783. The van der Waals surface area contributed by atoms with Gasteiger partial charge in [-0.05, 0) is 57.5 Å². The van der Waals surface area contributed by atoms with Crippen LogP contribution in [0.4, 0.5) is 13.2 Å². The van der Waals surface area contributed by atoms with E-state index < -0.39 is 23.8 Å². The zero-order valence-electron chi connectivity index (χ0n) is 15.6. The summed E-state index contributed by atoms with van der Waals surface area (Å²) in [6.07, 6.45) is -3.23. The highest BCUT2D eigenvalue weighted by molar-refractivity contribution is 5.99. The number of ketones is 1. The number of carbonyl (C=O) groups excluding carboxylic acids is 1. The highest BCUT2D eigenvalue weighted by atomic mass is 19.4. The van der Waals surface area contributed by atoms with Gasteiger partial charge >= 0.3 is 12.1 Å². The van der Waals surface area contributed by atoms with Crippen LogP contribution >= 0.6 is 0 Å². The Morgan fingerprint density at radius 3 is 2.57 bits per heavy atom. The van der Waals surface area contributed by atoms with Gasteiger partial charge in [0.05, 0.1) is 12.1 Å². The fourth-order valence-electron chi connectivity index (χ4n) is 3.83. The molecule has 1 atom stereocenters. The molecule has 0 unspecified atom stereocenters. The van der Waals surface area contributed by atoms with Gasteiger partial charge in [0, 0.05) is 22.6 Å². The molecule has 2 heterocycles. The molecule has 1 fully saturated rings. The number of hydrogen-bond acceptors (Lipinski definition) is 3. The normalized spacial score (nSPS) is 17.8. The minimum absolute atomic E-state index is 0.0240. The van der Waals surface area contributed by atoms with E-state index in [0.717, 1.165) is 12.1 Å². The van der Waals surface area contributed by atoms with Crippen molar-refractivity contribution >= 4 is 11.8 Å². The second kappa shape index (κ2) is 7.43. The Hall–Kier alpha value is -2.61. The SMILES string of the molecule is Cc1cc(C(=O)CN2CCC[C@H]2C(=O)O)c(C)n1-c1cccc(C(F)(F)F)c1. The smallest absolute Gasteiger partial charge is 0.416 e. The minimum atomic E-state index is -4.45. The van der Waals surface area contributed by atoms with Crippen molar-refractivity contribution in [3.8, 4) is 5.69 Å². The summed E-state index contributed by atoms with van der Waals surface area (Å²) in [6, 6.07) is 5.92. The predicted molar refractivity (Wildman–Crippen MR) is 96.8 cm³/mol. The van der Waals surface area contributed by atoms with Gasteiger partial charge in [-0.3, -0.25) is 14.5 Å². The predicted octanol–water partition coefficient (Wildman–Crippen LogP) is 3.84. The van der Waals surface area contributed by atoms with Crippen molar-refractivity contribution in [2.45, 2.75) is 38.9 Å². The van der Waals surface area contributed by atoms with Crippen molar-refractivity contribution in [1.29, 1.82) is 0 Å². The lowest BCUT2D eigenvalue weighted by atomic mass is 10.1. The second-order valence-corrected chi connectivity index (χ2v) is 7.06. The molecule has 1 aliphatic heterocycles. The monoisotopic (exact) mass is 394 g/mol. The van der Waals surface area contributed by atoms with Gasteiger partial charge in [0.15, 0.2) is 5.78 Å². The van der Waals surface area contributed by atoms with E-state index >= 15 is 0 Å². The lowest BCUT2D eigenvalue weighted by molar-refractivity contribution is -0.142. The highest BCUT2D eigenvalue weighted by Gasteiger charge is 2.33. The zero-order chi connectivity index (χ0) is 20.6. The first-order valence-electron chi connectivity index (χ1n) is 8.96. The van der Waals surface area contributed by atoms with Gasteiger partial charge in [-0.1, -0.05) is 6.07 Å². The fraction of sp³-hybridized carbons (Fsp3) is 0.400. The summed E-state index contributed by atoms with van der Waals surface area (Å²) in [7, 11) is 0. The van der Waals surface area contributed by atoms with Crippen LogP contribution in [0.1, 0.15) is 40.2 Å². The summed E-state index contributed by atoms with van der Waals surface area (Å²) in [5, 5.41) is 9.26. The van der Waals surface area contributed by atoms with E-state index in [2.05, 4.69) is 0 Å². The van der Waals surface area contributed by atoms with Crippen LogP contribution in [-0.4, -0.2) is 45.5 Å². The molecule has 3 rings (SSSR count). The fourth-order valence-corrected chi connectivity index (χ4v) is 3.83. The Labute approximate surface area is 160 Å². The third-order valence-electron chi connectivity index (χ3n) is 5.16. The average molecular weight is 394 g/mol. The van der Waals surface area contributed by atoms with Crippen molar-refractivity contribution < 1.29 is 27.9 Å². The maximum absolute atomic E-state index is 13.0. The Morgan fingerprint density at radius 2 is 1.93 bits per heavy atom. The number of alkyl halides is 3. The van der Waals surface area contributed by atoms with Crippen LogP contribution < -0.4 is 0 Å². The molecule has 5 nitrogen and oxygen atoms in total. The number of carboxylic acid groups (broad SMARTS) is 1. The highest BCUT2D eigenvalue weighted by Crippen LogP contribution is 2.31. The van der Waals surface area contributed by atoms with E-state index in [1.54, 1.807) is 35.4 Å². The molecule has 8 heteroatoms. The van der Waals surface area contributed by atoms with Gasteiger partial charge in [0.1, 0.15) is 6.04 Å². The van der Waals surface area contributed by atoms with E-state index in [-0.39, 0.29) is 12.3 Å². The molecular formula is C20H21F3N2O3. The molecular weight excluding hydrogens is 373 g/mol. The number of rotatable bonds is 5. The lowest BCUT2D eigenvalue weighted by Crippen LogP contribution is -2.39. The minimum Gasteiger partial charge on any atom is -0.480 e. The molecule has 1 N–H and O–H groups in total. The molecule has 0 saturated carbocycles. The Kier molecular flexibility index (Phi) is 5.34. The third-order valence-corrected chi connectivity index (χ3v) is 5.16. The molecule has 0 spiro atoms. The van der Waals surface area contributed by atoms with Crippen LogP contribution in [0.25, 0.3) is 5.69 Å².